The molecule has 1 aliphatic heterocycles. The molecule has 18 heavy (non-hydrogen) atoms. The molecule has 0 bridgehead atoms. The summed E-state index contributed by atoms with van der Waals surface area (Å²) in [7, 11) is 0. The molecule has 2 aromatic rings. The van der Waals surface area contributed by atoms with Crippen LogP contribution < -0.4 is 0 Å². The minimum absolute atomic E-state index is 0.251. The third-order valence-corrected chi connectivity index (χ3v) is 4.15. The van der Waals surface area contributed by atoms with Crippen molar-refractivity contribution >= 4 is 21.4 Å². The highest BCUT2D eigenvalue weighted by Crippen LogP contribution is 2.34. The number of hydrogen-bond donors (Lipinski definition) is 1. The maximum absolute atomic E-state index is 13.1. The molecule has 1 aromatic heterocycles. The van der Waals surface area contributed by atoms with Crippen LogP contribution >= 0.6 is 11.3 Å². The van der Waals surface area contributed by atoms with Crippen molar-refractivity contribution in [3.8, 4) is 0 Å². The predicted octanol–water partition coefficient (Wildman–Crippen LogP) is 3.77. The Kier molecular flexibility index (Phi) is 3.06. The van der Waals surface area contributed by atoms with Gasteiger partial charge in [-0.15, -0.1) is 11.3 Å². The summed E-state index contributed by atoms with van der Waals surface area (Å²) in [6.45, 7) is 0.655. The molecule has 0 saturated carbocycles. The largest absolute Gasteiger partial charge is 0.495 e. The van der Waals surface area contributed by atoms with Crippen molar-refractivity contribution < 1.29 is 14.2 Å². The number of halogens is 1. The van der Waals surface area contributed by atoms with Gasteiger partial charge in [0.25, 0.3) is 0 Å². The Balaban J connectivity index is 1.96. The van der Waals surface area contributed by atoms with Crippen LogP contribution in [-0.4, -0.2) is 11.7 Å². The van der Waals surface area contributed by atoms with Crippen LogP contribution in [-0.2, 0) is 4.74 Å². The second kappa shape index (κ2) is 4.71. The van der Waals surface area contributed by atoms with Gasteiger partial charge >= 0.3 is 0 Å². The van der Waals surface area contributed by atoms with Crippen LogP contribution in [0.25, 0.3) is 10.1 Å². The smallest absolute Gasteiger partial charge is 0.145 e. The number of fused-ring (bicyclic) bond motifs is 1. The van der Waals surface area contributed by atoms with E-state index in [0.29, 0.717) is 12.4 Å². The highest BCUT2D eigenvalue weighted by molar-refractivity contribution is 7.19. The lowest BCUT2D eigenvalue weighted by Crippen LogP contribution is -2.08. The molecule has 1 aliphatic rings. The number of ether oxygens (including phenoxy) is 1. The van der Waals surface area contributed by atoms with Crippen molar-refractivity contribution in [2.45, 2.75) is 18.9 Å². The predicted molar refractivity (Wildman–Crippen MR) is 70.0 cm³/mol. The lowest BCUT2D eigenvalue weighted by Gasteiger charge is -2.18. The zero-order valence-corrected chi connectivity index (χ0v) is 10.5. The molecule has 0 spiro atoms. The van der Waals surface area contributed by atoms with Crippen molar-refractivity contribution in [3.05, 3.63) is 46.8 Å². The zero-order chi connectivity index (χ0) is 12.5. The number of thiophene rings is 1. The van der Waals surface area contributed by atoms with Gasteiger partial charge in [0.1, 0.15) is 17.7 Å². The van der Waals surface area contributed by atoms with Crippen LogP contribution in [0.15, 0.2) is 36.1 Å². The third-order valence-electron chi connectivity index (χ3n) is 3.00. The zero-order valence-electron chi connectivity index (χ0n) is 9.73. The van der Waals surface area contributed by atoms with Gasteiger partial charge in [0.05, 0.1) is 6.61 Å². The molecule has 94 valence electrons. The average Bonchev–Trinajstić information content (AvgIpc) is 2.81. The normalized spacial score (nSPS) is 17.3. The Morgan fingerprint density at radius 2 is 2.22 bits per heavy atom. The molecule has 1 N–H and O–H groups in total. The standard InChI is InChI=1S/C14H13FO2S/c15-10-5-4-9-7-13(18-12(9)8-10)14(16)11-3-1-2-6-17-11/h3-5,7-8,14,16H,1-2,6H2. The van der Waals surface area contributed by atoms with Gasteiger partial charge in [-0.2, -0.15) is 0 Å². The third kappa shape index (κ3) is 2.13. The Bertz CT molecular complexity index is 603. The molecule has 1 atom stereocenters. The van der Waals surface area contributed by atoms with Gasteiger partial charge in [0.15, 0.2) is 0 Å². The topological polar surface area (TPSA) is 29.5 Å². The van der Waals surface area contributed by atoms with E-state index >= 15 is 0 Å². The van der Waals surface area contributed by atoms with Crippen LogP contribution in [0, 0.1) is 5.82 Å². The lowest BCUT2D eigenvalue weighted by molar-refractivity contribution is 0.0937. The lowest BCUT2D eigenvalue weighted by atomic mass is 10.1. The van der Waals surface area contributed by atoms with Gasteiger partial charge in [-0.05, 0) is 42.5 Å². The first-order valence-electron chi connectivity index (χ1n) is 5.94. The number of benzene rings is 1. The van der Waals surface area contributed by atoms with Crippen LogP contribution in [0.4, 0.5) is 4.39 Å². The van der Waals surface area contributed by atoms with Gasteiger partial charge in [-0.3, -0.25) is 0 Å². The van der Waals surface area contributed by atoms with Crippen LogP contribution in [0.5, 0.6) is 0 Å². The molecular weight excluding hydrogens is 251 g/mol. The van der Waals surface area contributed by atoms with Crippen LogP contribution in [0.2, 0.25) is 0 Å². The van der Waals surface area contributed by atoms with E-state index in [1.54, 1.807) is 6.07 Å². The Labute approximate surface area is 108 Å². The van der Waals surface area contributed by atoms with Crippen molar-refractivity contribution in [2.24, 2.45) is 0 Å². The van der Waals surface area contributed by atoms with E-state index in [2.05, 4.69) is 0 Å². The molecule has 0 radical (unpaired) electrons. The van der Waals surface area contributed by atoms with E-state index < -0.39 is 6.10 Å². The van der Waals surface area contributed by atoms with Crippen molar-refractivity contribution in [3.63, 3.8) is 0 Å². The fourth-order valence-electron chi connectivity index (χ4n) is 2.07. The van der Waals surface area contributed by atoms with Gasteiger partial charge in [0, 0.05) is 9.58 Å². The summed E-state index contributed by atoms with van der Waals surface area (Å²) < 4.78 is 19.4. The first kappa shape index (κ1) is 11.7. The minimum Gasteiger partial charge on any atom is -0.495 e. The van der Waals surface area contributed by atoms with Gasteiger partial charge < -0.3 is 9.84 Å². The highest BCUT2D eigenvalue weighted by atomic mass is 32.1. The van der Waals surface area contributed by atoms with E-state index in [1.165, 1.54) is 23.5 Å². The molecular formula is C14H13FO2S. The summed E-state index contributed by atoms with van der Waals surface area (Å²) in [4.78, 5) is 0.795. The monoisotopic (exact) mass is 264 g/mol. The summed E-state index contributed by atoms with van der Waals surface area (Å²) in [5.41, 5.74) is 0. The Morgan fingerprint density at radius 3 is 3.00 bits per heavy atom. The van der Waals surface area contributed by atoms with E-state index in [-0.39, 0.29) is 5.82 Å². The first-order valence-corrected chi connectivity index (χ1v) is 6.75. The molecule has 4 heteroatoms. The molecule has 0 amide bonds. The summed E-state index contributed by atoms with van der Waals surface area (Å²) in [5, 5.41) is 11.2. The van der Waals surface area contributed by atoms with E-state index in [4.69, 9.17) is 4.74 Å². The number of rotatable bonds is 2. The number of aliphatic hydroxyl groups excluding tert-OH is 1. The second-order valence-corrected chi connectivity index (χ2v) is 5.45. The Hall–Kier alpha value is -1.39. The average molecular weight is 264 g/mol. The molecule has 0 aliphatic carbocycles. The van der Waals surface area contributed by atoms with Crippen molar-refractivity contribution in [1.82, 2.24) is 0 Å². The second-order valence-electron chi connectivity index (χ2n) is 4.33. The van der Waals surface area contributed by atoms with E-state index in [0.717, 1.165) is 27.8 Å². The molecule has 2 nitrogen and oxygen atoms in total. The van der Waals surface area contributed by atoms with Crippen molar-refractivity contribution in [2.75, 3.05) is 6.61 Å². The molecule has 0 fully saturated rings. The van der Waals surface area contributed by atoms with Crippen LogP contribution in [0.1, 0.15) is 23.8 Å². The molecule has 1 aromatic carbocycles. The summed E-state index contributed by atoms with van der Waals surface area (Å²) in [5.74, 6) is 0.367. The van der Waals surface area contributed by atoms with Gasteiger partial charge in [0.2, 0.25) is 0 Å². The molecule has 2 heterocycles. The minimum atomic E-state index is -0.731. The van der Waals surface area contributed by atoms with E-state index in [9.17, 15) is 9.50 Å². The Morgan fingerprint density at radius 1 is 1.33 bits per heavy atom. The number of hydrogen-bond acceptors (Lipinski definition) is 3. The summed E-state index contributed by atoms with van der Waals surface area (Å²) in [6.07, 6.45) is 3.13. The number of aliphatic hydroxyl groups is 1. The maximum atomic E-state index is 13.1. The highest BCUT2D eigenvalue weighted by Gasteiger charge is 2.19. The van der Waals surface area contributed by atoms with Crippen molar-refractivity contribution in [1.29, 1.82) is 0 Å². The fourth-order valence-corrected chi connectivity index (χ4v) is 3.15. The maximum Gasteiger partial charge on any atom is 0.145 e. The summed E-state index contributed by atoms with van der Waals surface area (Å²) in [6, 6.07) is 6.55. The van der Waals surface area contributed by atoms with Gasteiger partial charge in [-0.25, -0.2) is 4.39 Å². The molecule has 1 unspecified atom stereocenters. The van der Waals surface area contributed by atoms with Crippen LogP contribution in [0.3, 0.4) is 0 Å². The van der Waals surface area contributed by atoms with Gasteiger partial charge in [-0.1, -0.05) is 6.07 Å². The molecule has 0 saturated heterocycles. The SMILES string of the molecule is OC(C1=CCCCO1)c1cc2ccc(F)cc2s1. The fraction of sp³-hybridized carbons (Fsp3) is 0.286. The van der Waals surface area contributed by atoms with E-state index in [1.807, 2.05) is 12.1 Å². The quantitative estimate of drug-likeness (QED) is 0.894. The first-order chi connectivity index (χ1) is 8.74. The number of allylic oxidation sites excluding steroid dienone is 1. The molecule has 3 rings (SSSR count). The summed E-state index contributed by atoms with van der Waals surface area (Å²) >= 11 is 1.40.